The molecule has 2 aromatic carbocycles. The summed E-state index contributed by atoms with van der Waals surface area (Å²) < 4.78 is 60.6. The second-order valence-corrected chi connectivity index (χ2v) is 10.3. The summed E-state index contributed by atoms with van der Waals surface area (Å²) in [6, 6.07) is 17.6. The fourth-order valence-corrected chi connectivity index (χ4v) is 4.62. The molecule has 7 nitrogen and oxygen atoms in total. The van der Waals surface area contributed by atoms with Gasteiger partial charge >= 0.3 is 0 Å². The molecule has 1 heterocycles. The van der Waals surface area contributed by atoms with Crippen LogP contribution < -0.4 is 0 Å². The van der Waals surface area contributed by atoms with Crippen LogP contribution in [0.2, 0.25) is 0 Å². The van der Waals surface area contributed by atoms with Crippen LogP contribution >= 0.6 is 0 Å². The third kappa shape index (κ3) is 6.20. The number of pyridine rings is 1. The van der Waals surface area contributed by atoms with Gasteiger partial charge in [-0.15, -0.1) is 0 Å². The van der Waals surface area contributed by atoms with Crippen LogP contribution in [0.4, 0.5) is 0 Å². The van der Waals surface area contributed by atoms with E-state index in [1.165, 1.54) is 30.5 Å². The Morgan fingerprint density at radius 3 is 1.55 bits per heavy atom. The molecule has 0 aliphatic carbocycles. The van der Waals surface area contributed by atoms with E-state index in [-0.39, 0.29) is 23.0 Å². The average Bonchev–Trinajstić information content (AvgIpc) is 2.75. The molecule has 0 fully saturated rings. The summed E-state index contributed by atoms with van der Waals surface area (Å²) in [7, 11) is -8.05. The van der Waals surface area contributed by atoms with Crippen LogP contribution in [0.1, 0.15) is 22.7 Å². The molecule has 9 heteroatoms. The molecule has 31 heavy (non-hydrogen) atoms. The van der Waals surface area contributed by atoms with Gasteiger partial charge in [-0.25, -0.2) is 0 Å². The fourth-order valence-electron chi connectivity index (χ4n) is 2.73. The fraction of sp³-hybridized carbons (Fsp3) is 0.227. The third-order valence-electron chi connectivity index (χ3n) is 4.57. The number of benzene rings is 2. The molecule has 0 unspecified atom stereocenters. The van der Waals surface area contributed by atoms with Gasteiger partial charge in [-0.1, -0.05) is 41.5 Å². The van der Waals surface area contributed by atoms with Gasteiger partial charge in [-0.3, -0.25) is 13.4 Å². The van der Waals surface area contributed by atoms with E-state index in [4.69, 9.17) is 8.37 Å². The Bertz CT molecular complexity index is 1130. The number of rotatable bonds is 9. The van der Waals surface area contributed by atoms with E-state index in [0.717, 1.165) is 11.1 Å². The first-order chi connectivity index (χ1) is 14.7. The molecule has 3 aromatic rings. The topological polar surface area (TPSA) is 99.6 Å². The Morgan fingerprint density at radius 2 is 1.16 bits per heavy atom. The lowest BCUT2D eigenvalue weighted by Crippen LogP contribution is -2.21. The van der Waals surface area contributed by atoms with E-state index >= 15 is 0 Å². The Balaban J connectivity index is 1.76. The van der Waals surface area contributed by atoms with Gasteiger partial charge < -0.3 is 0 Å². The van der Waals surface area contributed by atoms with Gasteiger partial charge in [0, 0.05) is 11.9 Å². The maximum absolute atomic E-state index is 12.5. The highest BCUT2D eigenvalue weighted by atomic mass is 32.2. The van der Waals surface area contributed by atoms with E-state index in [2.05, 4.69) is 4.98 Å². The van der Waals surface area contributed by atoms with Gasteiger partial charge in [0.15, 0.2) is 0 Å². The van der Waals surface area contributed by atoms with Gasteiger partial charge in [0.1, 0.15) is 0 Å². The van der Waals surface area contributed by atoms with Crippen molar-refractivity contribution >= 4 is 20.2 Å². The van der Waals surface area contributed by atoms with Crippen LogP contribution in [0, 0.1) is 13.8 Å². The van der Waals surface area contributed by atoms with E-state index < -0.39 is 26.2 Å². The first kappa shape index (κ1) is 23.1. The van der Waals surface area contributed by atoms with Crippen molar-refractivity contribution in [3.63, 3.8) is 0 Å². The van der Waals surface area contributed by atoms with Crippen molar-refractivity contribution in [2.45, 2.75) is 29.6 Å². The summed E-state index contributed by atoms with van der Waals surface area (Å²) in [6.07, 6.45) is 1.53. The van der Waals surface area contributed by atoms with Crippen molar-refractivity contribution in [3.8, 4) is 0 Å². The molecule has 0 saturated carbocycles. The molecule has 0 radical (unpaired) electrons. The van der Waals surface area contributed by atoms with Gasteiger partial charge in [-0.2, -0.15) is 16.8 Å². The van der Waals surface area contributed by atoms with Crippen molar-refractivity contribution in [1.82, 2.24) is 4.98 Å². The van der Waals surface area contributed by atoms with Crippen LogP contribution in [0.15, 0.2) is 82.7 Å². The minimum atomic E-state index is -4.02. The summed E-state index contributed by atoms with van der Waals surface area (Å²) in [6.45, 7) is 3.05. The first-order valence-corrected chi connectivity index (χ1v) is 12.3. The summed E-state index contributed by atoms with van der Waals surface area (Å²) in [5.41, 5.74) is 2.29. The van der Waals surface area contributed by atoms with E-state index in [1.54, 1.807) is 42.5 Å². The normalized spacial score (nSPS) is 12.2. The van der Waals surface area contributed by atoms with E-state index in [1.807, 2.05) is 13.8 Å². The number of aryl methyl sites for hydroxylation is 2. The van der Waals surface area contributed by atoms with Crippen LogP contribution in [0.5, 0.6) is 0 Å². The minimum Gasteiger partial charge on any atom is -0.266 e. The largest absolute Gasteiger partial charge is 0.296 e. The Morgan fingerprint density at radius 1 is 0.710 bits per heavy atom. The summed E-state index contributed by atoms with van der Waals surface area (Å²) in [4.78, 5) is 4.24. The zero-order valence-electron chi connectivity index (χ0n) is 17.1. The Hall–Kier alpha value is -2.59. The van der Waals surface area contributed by atoms with Gasteiger partial charge in [-0.05, 0) is 50.2 Å². The average molecular weight is 462 g/mol. The zero-order chi connectivity index (χ0) is 22.5. The lowest BCUT2D eigenvalue weighted by molar-refractivity contribution is 0.224. The van der Waals surface area contributed by atoms with Gasteiger partial charge in [0.05, 0.1) is 28.9 Å². The van der Waals surface area contributed by atoms with Gasteiger partial charge in [0.25, 0.3) is 20.2 Å². The number of hydrogen-bond acceptors (Lipinski definition) is 7. The predicted octanol–water partition coefficient (Wildman–Crippen LogP) is 3.59. The smallest absolute Gasteiger partial charge is 0.266 e. The van der Waals surface area contributed by atoms with E-state index in [0.29, 0.717) is 5.69 Å². The van der Waals surface area contributed by atoms with Crippen LogP contribution in [0.25, 0.3) is 0 Å². The number of hydrogen-bond donors (Lipinski definition) is 0. The molecular weight excluding hydrogens is 438 g/mol. The predicted molar refractivity (Wildman–Crippen MR) is 116 cm³/mol. The highest BCUT2D eigenvalue weighted by Gasteiger charge is 2.24. The molecule has 1 aromatic heterocycles. The maximum Gasteiger partial charge on any atom is 0.296 e. The molecule has 0 saturated heterocycles. The molecule has 0 aliphatic rings. The number of aromatic nitrogens is 1. The highest BCUT2D eigenvalue weighted by molar-refractivity contribution is 7.87. The molecule has 0 aliphatic heterocycles. The molecule has 0 amide bonds. The molecular formula is C22H23NO6S2. The summed E-state index contributed by atoms with van der Waals surface area (Å²) in [5, 5.41) is 0. The second kappa shape index (κ2) is 9.69. The lowest BCUT2D eigenvalue weighted by Gasteiger charge is -2.17. The molecule has 0 spiro atoms. The molecule has 0 bridgehead atoms. The standard InChI is InChI=1S/C22H23NO6S2/c1-17-6-10-20(11-7-17)30(24,25)28-15-19(22-5-3-4-14-23-22)16-29-31(26,27)21-12-8-18(2)9-13-21/h3-14,19H,15-16H2,1-2H3. The molecule has 164 valence electrons. The van der Waals surface area contributed by atoms with Crippen molar-refractivity contribution < 1.29 is 25.2 Å². The molecule has 3 rings (SSSR count). The van der Waals surface area contributed by atoms with Crippen LogP contribution in [0.3, 0.4) is 0 Å². The molecule has 0 N–H and O–H groups in total. The van der Waals surface area contributed by atoms with Gasteiger partial charge in [0.2, 0.25) is 0 Å². The van der Waals surface area contributed by atoms with Crippen molar-refractivity contribution in [3.05, 3.63) is 89.7 Å². The minimum absolute atomic E-state index is 0.0195. The monoisotopic (exact) mass is 461 g/mol. The van der Waals surface area contributed by atoms with Crippen LogP contribution in [-0.4, -0.2) is 35.0 Å². The SMILES string of the molecule is Cc1ccc(S(=O)(=O)OCC(COS(=O)(=O)c2ccc(C)cc2)c2ccccn2)cc1. The van der Waals surface area contributed by atoms with Crippen molar-refractivity contribution in [2.75, 3.05) is 13.2 Å². The summed E-state index contributed by atoms with van der Waals surface area (Å²) in [5.74, 6) is -0.721. The maximum atomic E-state index is 12.5. The Kier molecular flexibility index (Phi) is 7.22. The Labute approximate surface area is 182 Å². The molecule has 0 atom stereocenters. The van der Waals surface area contributed by atoms with E-state index in [9.17, 15) is 16.8 Å². The van der Waals surface area contributed by atoms with Crippen molar-refractivity contribution in [1.29, 1.82) is 0 Å². The highest BCUT2D eigenvalue weighted by Crippen LogP contribution is 2.21. The van der Waals surface area contributed by atoms with Crippen molar-refractivity contribution in [2.24, 2.45) is 0 Å². The summed E-state index contributed by atoms with van der Waals surface area (Å²) >= 11 is 0. The second-order valence-electron chi connectivity index (χ2n) is 7.05. The quantitative estimate of drug-likeness (QED) is 0.449. The lowest BCUT2D eigenvalue weighted by atomic mass is 10.1. The zero-order valence-corrected chi connectivity index (χ0v) is 18.8. The van der Waals surface area contributed by atoms with Crippen LogP contribution in [-0.2, 0) is 28.6 Å². The first-order valence-electron chi connectivity index (χ1n) is 9.50. The number of nitrogens with zero attached hydrogens (tertiary/aromatic N) is 1. The third-order valence-corrected chi connectivity index (χ3v) is 7.17.